The molecule has 8 heteroatoms. The molecule has 0 atom stereocenters. The highest BCUT2D eigenvalue weighted by Gasteiger charge is 2.21. The summed E-state index contributed by atoms with van der Waals surface area (Å²) in [4.78, 5) is 23.3. The summed E-state index contributed by atoms with van der Waals surface area (Å²) < 4.78 is 10.7. The molecular weight excluding hydrogens is 386 g/mol. The summed E-state index contributed by atoms with van der Waals surface area (Å²) in [6.45, 7) is 2.44. The number of nitrogens with zero attached hydrogens (tertiary/aromatic N) is 1. The molecule has 0 aliphatic carbocycles. The van der Waals surface area contributed by atoms with E-state index in [0.717, 1.165) is 11.1 Å². The van der Waals surface area contributed by atoms with Crippen molar-refractivity contribution < 1.29 is 19.2 Å². The van der Waals surface area contributed by atoms with Crippen LogP contribution in [0.15, 0.2) is 54.6 Å². The fraction of sp³-hybridized carbons (Fsp3) is 0.136. The fourth-order valence-electron chi connectivity index (χ4n) is 3.36. The average molecular weight is 405 g/mol. The highest BCUT2D eigenvalue weighted by atomic mass is 16.6. The predicted molar refractivity (Wildman–Crippen MR) is 114 cm³/mol. The number of anilines is 3. The van der Waals surface area contributed by atoms with E-state index in [4.69, 9.17) is 9.47 Å². The van der Waals surface area contributed by atoms with Gasteiger partial charge in [0, 0.05) is 12.1 Å². The molecule has 0 aromatic heterocycles. The van der Waals surface area contributed by atoms with E-state index in [1.807, 2.05) is 19.1 Å². The molecule has 30 heavy (non-hydrogen) atoms. The van der Waals surface area contributed by atoms with Crippen LogP contribution in [-0.2, 0) is 0 Å². The molecule has 3 aromatic rings. The van der Waals surface area contributed by atoms with Gasteiger partial charge in [-0.2, -0.15) is 0 Å². The first kappa shape index (κ1) is 19.3. The van der Waals surface area contributed by atoms with E-state index in [0.29, 0.717) is 35.0 Å². The molecule has 1 aliphatic rings. The number of hydrogen-bond acceptors (Lipinski definition) is 6. The zero-order valence-corrected chi connectivity index (χ0v) is 16.4. The molecular formula is C22H19N3O5. The van der Waals surface area contributed by atoms with Gasteiger partial charge in [0.2, 0.25) is 0 Å². The molecule has 4 rings (SSSR count). The third kappa shape index (κ3) is 3.50. The molecule has 1 heterocycles. The van der Waals surface area contributed by atoms with Gasteiger partial charge in [0.05, 0.1) is 41.3 Å². The number of nitrogens with one attached hydrogen (secondary N) is 2. The van der Waals surface area contributed by atoms with Crippen LogP contribution in [0.3, 0.4) is 0 Å². The molecule has 1 aliphatic heterocycles. The second-order valence-corrected chi connectivity index (χ2v) is 6.62. The Morgan fingerprint density at radius 2 is 1.70 bits per heavy atom. The molecule has 1 amide bonds. The zero-order valence-electron chi connectivity index (χ0n) is 16.4. The fourth-order valence-corrected chi connectivity index (χ4v) is 3.36. The van der Waals surface area contributed by atoms with Crippen LogP contribution < -0.4 is 20.1 Å². The largest absolute Gasteiger partial charge is 0.494 e. The van der Waals surface area contributed by atoms with Gasteiger partial charge in [0.1, 0.15) is 5.75 Å². The van der Waals surface area contributed by atoms with Crippen LogP contribution in [0.1, 0.15) is 17.3 Å². The Morgan fingerprint density at radius 1 is 0.933 bits per heavy atom. The van der Waals surface area contributed by atoms with Crippen molar-refractivity contribution in [3.63, 3.8) is 0 Å². The first-order chi connectivity index (χ1) is 14.5. The number of nitro groups is 1. The maximum atomic E-state index is 12.7. The highest BCUT2D eigenvalue weighted by Crippen LogP contribution is 2.38. The van der Waals surface area contributed by atoms with Crippen molar-refractivity contribution in [3.8, 4) is 22.6 Å². The van der Waals surface area contributed by atoms with E-state index in [1.54, 1.807) is 36.4 Å². The Labute approximate surface area is 172 Å². The SMILES string of the molecule is CCOc1ccc2c(c1)Nc1cc(-c3ccc([N+](=O)[O-])c(OC)c3)ccc1C(=O)N2. The molecule has 0 saturated heterocycles. The summed E-state index contributed by atoms with van der Waals surface area (Å²) >= 11 is 0. The van der Waals surface area contributed by atoms with E-state index in [2.05, 4.69) is 10.6 Å². The van der Waals surface area contributed by atoms with Gasteiger partial charge in [0.15, 0.2) is 5.75 Å². The Hall–Kier alpha value is -4.07. The van der Waals surface area contributed by atoms with Gasteiger partial charge >= 0.3 is 5.69 Å². The minimum atomic E-state index is -0.488. The average Bonchev–Trinajstić information content (AvgIpc) is 2.88. The monoisotopic (exact) mass is 405 g/mol. The lowest BCUT2D eigenvalue weighted by Gasteiger charge is -2.12. The van der Waals surface area contributed by atoms with Gasteiger partial charge in [-0.05, 0) is 54.4 Å². The molecule has 0 saturated carbocycles. The van der Waals surface area contributed by atoms with Crippen LogP contribution in [-0.4, -0.2) is 24.5 Å². The predicted octanol–water partition coefficient (Wildman–Crippen LogP) is 4.98. The van der Waals surface area contributed by atoms with Crippen LogP contribution >= 0.6 is 0 Å². The van der Waals surface area contributed by atoms with Crippen molar-refractivity contribution in [3.05, 3.63) is 70.3 Å². The van der Waals surface area contributed by atoms with Crippen molar-refractivity contribution in [2.75, 3.05) is 24.4 Å². The van der Waals surface area contributed by atoms with Gasteiger partial charge in [-0.25, -0.2) is 0 Å². The van der Waals surface area contributed by atoms with Gasteiger partial charge in [-0.3, -0.25) is 14.9 Å². The van der Waals surface area contributed by atoms with E-state index in [9.17, 15) is 14.9 Å². The van der Waals surface area contributed by atoms with E-state index < -0.39 is 4.92 Å². The summed E-state index contributed by atoms with van der Waals surface area (Å²) in [5.41, 5.74) is 3.88. The first-order valence-electron chi connectivity index (χ1n) is 9.32. The molecule has 0 fully saturated rings. The van der Waals surface area contributed by atoms with Gasteiger partial charge in [-0.15, -0.1) is 0 Å². The minimum absolute atomic E-state index is 0.106. The lowest BCUT2D eigenvalue weighted by atomic mass is 10.0. The van der Waals surface area contributed by atoms with Crippen molar-refractivity contribution in [1.29, 1.82) is 0 Å². The maximum Gasteiger partial charge on any atom is 0.310 e. The van der Waals surface area contributed by atoms with Crippen LogP contribution in [0, 0.1) is 10.1 Å². The first-order valence-corrected chi connectivity index (χ1v) is 9.32. The quantitative estimate of drug-likeness (QED) is 0.458. The van der Waals surface area contributed by atoms with Crippen molar-refractivity contribution in [2.45, 2.75) is 6.92 Å². The Kier molecular flexibility index (Phi) is 4.97. The number of nitro benzene ring substituents is 1. The van der Waals surface area contributed by atoms with Gasteiger partial charge < -0.3 is 20.1 Å². The number of ether oxygens (including phenoxy) is 2. The summed E-state index contributed by atoms with van der Waals surface area (Å²) in [6, 6.07) is 15.4. The number of benzene rings is 3. The number of carbonyl (C=O) groups excluding carboxylic acids is 1. The molecule has 8 nitrogen and oxygen atoms in total. The van der Waals surface area contributed by atoms with E-state index >= 15 is 0 Å². The molecule has 0 radical (unpaired) electrons. The third-order valence-corrected chi connectivity index (χ3v) is 4.79. The molecule has 2 N–H and O–H groups in total. The molecule has 0 unspecified atom stereocenters. The second kappa shape index (κ2) is 7.75. The van der Waals surface area contributed by atoms with Crippen LogP contribution in [0.25, 0.3) is 11.1 Å². The van der Waals surface area contributed by atoms with E-state index in [-0.39, 0.29) is 17.3 Å². The Bertz CT molecular complexity index is 1160. The number of carbonyl (C=O) groups is 1. The summed E-state index contributed by atoms with van der Waals surface area (Å²) in [6.07, 6.45) is 0. The van der Waals surface area contributed by atoms with E-state index in [1.165, 1.54) is 13.2 Å². The van der Waals surface area contributed by atoms with Gasteiger partial charge in [0.25, 0.3) is 5.91 Å². The third-order valence-electron chi connectivity index (χ3n) is 4.79. The topological polar surface area (TPSA) is 103 Å². The zero-order chi connectivity index (χ0) is 21.3. The highest BCUT2D eigenvalue weighted by molar-refractivity contribution is 6.12. The standard InChI is InChI=1S/C22H19N3O5/c1-3-30-15-6-8-17-19(12-15)23-18-10-13(4-7-16(18)22(26)24-17)14-5-9-20(25(27)28)21(11-14)29-2/h4-12,23H,3H2,1-2H3,(H,24,26). The number of methoxy groups -OCH3 is 1. The summed E-state index contributed by atoms with van der Waals surface area (Å²) in [5, 5.41) is 17.3. The summed E-state index contributed by atoms with van der Waals surface area (Å²) in [7, 11) is 1.39. The Balaban J connectivity index is 1.76. The van der Waals surface area contributed by atoms with Crippen LogP contribution in [0.5, 0.6) is 11.5 Å². The Morgan fingerprint density at radius 3 is 2.43 bits per heavy atom. The lowest BCUT2D eigenvalue weighted by Crippen LogP contribution is -2.10. The number of rotatable bonds is 5. The molecule has 0 bridgehead atoms. The maximum absolute atomic E-state index is 12.7. The number of amides is 1. The minimum Gasteiger partial charge on any atom is -0.494 e. The molecule has 3 aromatic carbocycles. The lowest BCUT2D eigenvalue weighted by molar-refractivity contribution is -0.385. The smallest absolute Gasteiger partial charge is 0.310 e. The number of fused-ring (bicyclic) bond motifs is 2. The second-order valence-electron chi connectivity index (χ2n) is 6.62. The van der Waals surface area contributed by atoms with Crippen molar-refractivity contribution in [1.82, 2.24) is 0 Å². The molecule has 152 valence electrons. The van der Waals surface area contributed by atoms with Crippen molar-refractivity contribution >= 4 is 28.7 Å². The van der Waals surface area contributed by atoms with Crippen LogP contribution in [0.4, 0.5) is 22.7 Å². The number of hydrogen-bond donors (Lipinski definition) is 2. The molecule has 0 spiro atoms. The summed E-state index contributed by atoms with van der Waals surface area (Å²) in [5.74, 6) is 0.635. The van der Waals surface area contributed by atoms with Gasteiger partial charge in [-0.1, -0.05) is 6.07 Å². The normalized spacial score (nSPS) is 12.0. The van der Waals surface area contributed by atoms with Crippen LogP contribution in [0.2, 0.25) is 0 Å². The van der Waals surface area contributed by atoms with Crippen molar-refractivity contribution in [2.24, 2.45) is 0 Å².